The number of halogens is 1. The summed E-state index contributed by atoms with van der Waals surface area (Å²) in [5.41, 5.74) is 0. The second-order valence-corrected chi connectivity index (χ2v) is 4.20. The van der Waals surface area contributed by atoms with Crippen molar-refractivity contribution in [2.45, 2.75) is 31.8 Å². The molecular formula is C9H14ClN3OS. The molecule has 0 atom stereocenters. The lowest BCUT2D eigenvalue weighted by molar-refractivity contribution is 0.307. The van der Waals surface area contributed by atoms with Crippen LogP contribution in [0.4, 0.5) is 0 Å². The number of thioether (sulfide) groups is 1. The normalized spacial score (nSPS) is 10.3. The molecule has 1 aromatic rings. The molecule has 0 aliphatic rings. The average Bonchev–Trinajstić information content (AvgIpc) is 2.18. The Labute approximate surface area is 98.8 Å². The molecule has 0 unspecified atom stereocenters. The van der Waals surface area contributed by atoms with Gasteiger partial charge in [-0.25, -0.2) is 0 Å². The Bertz CT molecular complexity index is 311. The smallest absolute Gasteiger partial charge is 0.321 e. The zero-order valence-electron chi connectivity index (χ0n) is 8.86. The quantitative estimate of drug-likeness (QED) is 0.572. The zero-order valence-corrected chi connectivity index (χ0v) is 10.4. The van der Waals surface area contributed by atoms with Gasteiger partial charge in [-0.05, 0) is 24.9 Å². The van der Waals surface area contributed by atoms with Crippen LogP contribution in [0.15, 0.2) is 5.16 Å². The Hall–Kier alpha value is -0.550. The third kappa shape index (κ3) is 4.66. The number of unbranched alkanes of at least 4 members (excludes halogenated alkanes) is 1. The lowest BCUT2D eigenvalue weighted by Gasteiger charge is -2.03. The van der Waals surface area contributed by atoms with E-state index in [1.54, 1.807) is 11.8 Å². The van der Waals surface area contributed by atoms with Gasteiger partial charge < -0.3 is 4.74 Å². The van der Waals surface area contributed by atoms with Gasteiger partial charge in [-0.15, -0.1) is 0 Å². The zero-order chi connectivity index (χ0) is 11.1. The second-order valence-electron chi connectivity index (χ2n) is 2.80. The highest BCUT2D eigenvalue weighted by molar-refractivity contribution is 7.99. The molecule has 4 nitrogen and oxygen atoms in total. The Balaban J connectivity index is 2.62. The van der Waals surface area contributed by atoms with E-state index < -0.39 is 0 Å². The summed E-state index contributed by atoms with van der Waals surface area (Å²) in [5.74, 6) is 0.988. The van der Waals surface area contributed by atoms with E-state index in [0.29, 0.717) is 17.8 Å². The minimum atomic E-state index is 0.187. The molecule has 0 fully saturated rings. The predicted molar refractivity (Wildman–Crippen MR) is 61.6 cm³/mol. The van der Waals surface area contributed by atoms with Crippen molar-refractivity contribution in [3.8, 4) is 6.01 Å². The van der Waals surface area contributed by atoms with Gasteiger partial charge in [-0.2, -0.15) is 15.0 Å². The van der Waals surface area contributed by atoms with Crippen LogP contribution >= 0.6 is 23.4 Å². The first kappa shape index (κ1) is 12.5. The predicted octanol–water partition coefficient (Wildman–Crippen LogP) is 2.82. The fourth-order valence-electron chi connectivity index (χ4n) is 0.881. The van der Waals surface area contributed by atoms with E-state index >= 15 is 0 Å². The molecule has 0 radical (unpaired) electrons. The van der Waals surface area contributed by atoms with Gasteiger partial charge >= 0.3 is 6.01 Å². The molecule has 1 aromatic heterocycles. The van der Waals surface area contributed by atoms with E-state index in [9.17, 15) is 0 Å². The summed E-state index contributed by atoms with van der Waals surface area (Å²) >= 11 is 7.32. The fourth-order valence-corrected chi connectivity index (χ4v) is 1.99. The molecule has 0 aliphatic carbocycles. The third-order valence-electron chi connectivity index (χ3n) is 1.57. The minimum absolute atomic E-state index is 0.187. The molecule has 0 N–H and O–H groups in total. The molecular weight excluding hydrogens is 234 g/mol. The number of rotatable bonds is 6. The third-order valence-corrected chi connectivity index (χ3v) is 2.67. The monoisotopic (exact) mass is 247 g/mol. The maximum Gasteiger partial charge on any atom is 0.321 e. The summed E-state index contributed by atoms with van der Waals surface area (Å²) in [5, 5.41) is 0.819. The van der Waals surface area contributed by atoms with Crippen LogP contribution in [0, 0.1) is 0 Å². The first-order valence-electron chi connectivity index (χ1n) is 4.93. The molecule has 0 aliphatic heterocycles. The standard InChI is InChI=1S/C9H14ClN3OS/c1-3-5-6-15-9-12-7(10)11-8(13-9)14-4-2/h3-6H2,1-2H3. The van der Waals surface area contributed by atoms with Crippen molar-refractivity contribution in [1.82, 2.24) is 15.0 Å². The van der Waals surface area contributed by atoms with Crippen LogP contribution in [0.25, 0.3) is 0 Å². The topological polar surface area (TPSA) is 47.9 Å². The lowest BCUT2D eigenvalue weighted by Crippen LogP contribution is -2.00. The molecule has 1 heterocycles. The van der Waals surface area contributed by atoms with Gasteiger partial charge in [0.1, 0.15) is 0 Å². The van der Waals surface area contributed by atoms with Gasteiger partial charge in [0.05, 0.1) is 6.61 Å². The number of nitrogens with zero attached hydrogens (tertiary/aromatic N) is 3. The Kier molecular flexibility index (Phi) is 5.71. The molecule has 0 bridgehead atoms. The summed E-state index contributed by atoms with van der Waals surface area (Å²) in [4.78, 5) is 12.0. The number of aromatic nitrogens is 3. The summed E-state index contributed by atoms with van der Waals surface area (Å²) < 4.78 is 5.17. The molecule has 1 rings (SSSR count). The van der Waals surface area contributed by atoms with E-state index in [4.69, 9.17) is 16.3 Å². The average molecular weight is 248 g/mol. The maximum atomic E-state index is 5.74. The van der Waals surface area contributed by atoms with Gasteiger partial charge in [0.25, 0.3) is 0 Å². The molecule has 0 saturated carbocycles. The van der Waals surface area contributed by atoms with Gasteiger partial charge in [-0.3, -0.25) is 0 Å². The Morgan fingerprint density at radius 2 is 2.07 bits per heavy atom. The van der Waals surface area contributed by atoms with Crippen molar-refractivity contribution in [2.75, 3.05) is 12.4 Å². The van der Waals surface area contributed by atoms with Crippen LogP contribution in [0.1, 0.15) is 26.7 Å². The van der Waals surface area contributed by atoms with E-state index in [0.717, 1.165) is 18.6 Å². The van der Waals surface area contributed by atoms with Crippen molar-refractivity contribution < 1.29 is 4.74 Å². The van der Waals surface area contributed by atoms with Crippen molar-refractivity contribution in [3.63, 3.8) is 0 Å². The maximum absolute atomic E-state index is 5.74. The van der Waals surface area contributed by atoms with Crippen molar-refractivity contribution in [1.29, 1.82) is 0 Å². The summed E-state index contributed by atoms with van der Waals surface area (Å²) in [7, 11) is 0. The number of hydrogen-bond acceptors (Lipinski definition) is 5. The van der Waals surface area contributed by atoms with E-state index in [1.807, 2.05) is 6.92 Å². The molecule has 15 heavy (non-hydrogen) atoms. The van der Waals surface area contributed by atoms with E-state index in [1.165, 1.54) is 0 Å². The molecule has 84 valence electrons. The minimum Gasteiger partial charge on any atom is -0.464 e. The fraction of sp³-hybridized carbons (Fsp3) is 0.667. The summed E-state index contributed by atoms with van der Waals surface area (Å²) in [6, 6.07) is 0.302. The lowest BCUT2D eigenvalue weighted by atomic mass is 10.4. The Morgan fingerprint density at radius 3 is 2.73 bits per heavy atom. The number of hydrogen-bond donors (Lipinski definition) is 0. The van der Waals surface area contributed by atoms with E-state index in [-0.39, 0.29) is 5.28 Å². The van der Waals surface area contributed by atoms with E-state index in [2.05, 4.69) is 21.9 Å². The highest BCUT2D eigenvalue weighted by Crippen LogP contribution is 2.18. The summed E-state index contributed by atoms with van der Waals surface area (Å²) in [6.45, 7) is 4.55. The van der Waals surface area contributed by atoms with Gasteiger partial charge in [-0.1, -0.05) is 25.1 Å². The molecule has 0 saturated heterocycles. The van der Waals surface area contributed by atoms with Crippen LogP contribution < -0.4 is 4.74 Å². The Morgan fingerprint density at radius 1 is 1.27 bits per heavy atom. The van der Waals surface area contributed by atoms with Crippen molar-refractivity contribution in [3.05, 3.63) is 5.28 Å². The van der Waals surface area contributed by atoms with Gasteiger partial charge in [0, 0.05) is 5.75 Å². The highest BCUT2D eigenvalue weighted by atomic mass is 35.5. The summed E-state index contributed by atoms with van der Waals surface area (Å²) in [6.07, 6.45) is 2.29. The first-order chi connectivity index (χ1) is 7.26. The van der Waals surface area contributed by atoms with Crippen LogP contribution in [-0.4, -0.2) is 27.3 Å². The van der Waals surface area contributed by atoms with Crippen LogP contribution in [0.5, 0.6) is 6.01 Å². The van der Waals surface area contributed by atoms with Crippen LogP contribution in [0.3, 0.4) is 0 Å². The molecule has 0 spiro atoms. The number of ether oxygens (including phenoxy) is 1. The second kappa shape index (κ2) is 6.85. The van der Waals surface area contributed by atoms with Crippen molar-refractivity contribution in [2.24, 2.45) is 0 Å². The van der Waals surface area contributed by atoms with Gasteiger partial charge in [0.2, 0.25) is 5.28 Å². The van der Waals surface area contributed by atoms with Crippen molar-refractivity contribution >= 4 is 23.4 Å². The molecule has 0 amide bonds. The SMILES string of the molecule is CCCCSc1nc(Cl)nc(OCC)n1. The molecule has 0 aromatic carbocycles. The van der Waals surface area contributed by atoms with Crippen LogP contribution in [0.2, 0.25) is 5.28 Å². The largest absolute Gasteiger partial charge is 0.464 e. The highest BCUT2D eigenvalue weighted by Gasteiger charge is 2.05. The van der Waals surface area contributed by atoms with Gasteiger partial charge in [0.15, 0.2) is 5.16 Å². The first-order valence-corrected chi connectivity index (χ1v) is 6.29. The van der Waals surface area contributed by atoms with Crippen LogP contribution in [-0.2, 0) is 0 Å². The molecule has 6 heteroatoms.